The van der Waals surface area contributed by atoms with Gasteiger partial charge in [0, 0.05) is 24.8 Å². The molecule has 6 heteroatoms. The van der Waals surface area contributed by atoms with E-state index in [-0.39, 0.29) is 12.0 Å². The first-order valence-electron chi connectivity index (χ1n) is 8.43. The van der Waals surface area contributed by atoms with Crippen LogP contribution in [-0.4, -0.2) is 40.0 Å². The van der Waals surface area contributed by atoms with Gasteiger partial charge in [-0.1, -0.05) is 6.07 Å². The molecule has 1 fully saturated rings. The third-order valence-electron chi connectivity index (χ3n) is 4.44. The van der Waals surface area contributed by atoms with E-state index in [1.54, 1.807) is 23.0 Å². The van der Waals surface area contributed by atoms with E-state index >= 15 is 0 Å². The van der Waals surface area contributed by atoms with Gasteiger partial charge in [-0.3, -0.25) is 9.78 Å². The van der Waals surface area contributed by atoms with Gasteiger partial charge in [0.25, 0.3) is 5.91 Å². The fraction of sp³-hybridized carbons (Fsp3) is 0.316. The lowest BCUT2D eigenvalue weighted by molar-refractivity contribution is -0.00784. The molecule has 2 aromatic heterocycles. The highest BCUT2D eigenvalue weighted by Gasteiger charge is 2.25. The maximum Gasteiger partial charge on any atom is 0.253 e. The summed E-state index contributed by atoms with van der Waals surface area (Å²) < 4.78 is 7.03. The van der Waals surface area contributed by atoms with E-state index in [9.17, 15) is 4.79 Å². The van der Waals surface area contributed by atoms with Gasteiger partial charge in [-0.05, 0) is 43.2 Å². The molecule has 1 aromatic carbocycles. The van der Waals surface area contributed by atoms with Gasteiger partial charge in [0.05, 0.1) is 34.1 Å². The van der Waals surface area contributed by atoms with Crippen LogP contribution in [0.15, 0.2) is 48.1 Å². The summed E-state index contributed by atoms with van der Waals surface area (Å²) >= 11 is 1.56. The number of rotatable bonds is 4. The van der Waals surface area contributed by atoms with Gasteiger partial charge in [-0.15, -0.1) is 11.3 Å². The molecule has 3 aromatic rings. The number of carbonyl (C=O) groups is 1. The Kier molecular flexibility index (Phi) is 4.72. The average Bonchev–Trinajstić information content (AvgIpc) is 3.14. The summed E-state index contributed by atoms with van der Waals surface area (Å²) in [7, 11) is 0. The molecule has 1 unspecified atom stereocenters. The van der Waals surface area contributed by atoms with Crippen LogP contribution in [0.4, 0.5) is 0 Å². The third-order valence-corrected chi connectivity index (χ3v) is 5.23. The van der Waals surface area contributed by atoms with Crippen molar-refractivity contribution in [2.24, 2.45) is 0 Å². The Morgan fingerprint density at radius 2 is 2.24 bits per heavy atom. The van der Waals surface area contributed by atoms with E-state index < -0.39 is 0 Å². The lowest BCUT2D eigenvalue weighted by Gasteiger charge is -2.32. The Morgan fingerprint density at radius 1 is 1.28 bits per heavy atom. The smallest absolute Gasteiger partial charge is 0.253 e. The van der Waals surface area contributed by atoms with Gasteiger partial charge in [0.1, 0.15) is 0 Å². The zero-order valence-corrected chi connectivity index (χ0v) is 14.6. The molecule has 4 rings (SSSR count). The van der Waals surface area contributed by atoms with Gasteiger partial charge in [0.2, 0.25) is 0 Å². The molecule has 1 saturated heterocycles. The van der Waals surface area contributed by atoms with Crippen molar-refractivity contribution in [3.63, 3.8) is 0 Å². The molecule has 3 heterocycles. The van der Waals surface area contributed by atoms with Crippen LogP contribution in [0.3, 0.4) is 0 Å². The molecule has 1 aliphatic heterocycles. The number of likely N-dealkylation sites (tertiary alicyclic amines) is 1. The topological polar surface area (TPSA) is 55.3 Å². The fourth-order valence-electron chi connectivity index (χ4n) is 3.12. The fourth-order valence-corrected chi connectivity index (χ4v) is 3.83. The number of hydrogen-bond donors (Lipinski definition) is 0. The van der Waals surface area contributed by atoms with Crippen LogP contribution >= 0.6 is 11.3 Å². The first-order valence-corrected chi connectivity index (χ1v) is 9.31. The van der Waals surface area contributed by atoms with Crippen LogP contribution in [0.5, 0.6) is 0 Å². The van der Waals surface area contributed by atoms with Gasteiger partial charge in [-0.25, -0.2) is 4.98 Å². The second-order valence-electron chi connectivity index (χ2n) is 6.18. The summed E-state index contributed by atoms with van der Waals surface area (Å²) in [5.74, 6) is 0.0708. The lowest BCUT2D eigenvalue weighted by Crippen LogP contribution is -2.43. The quantitative estimate of drug-likeness (QED) is 0.720. The Bertz CT molecular complexity index is 865. The summed E-state index contributed by atoms with van der Waals surface area (Å²) in [5.41, 5.74) is 4.39. The first kappa shape index (κ1) is 16.2. The largest absolute Gasteiger partial charge is 0.370 e. The van der Waals surface area contributed by atoms with Gasteiger partial charge in [0.15, 0.2) is 0 Å². The third kappa shape index (κ3) is 3.70. The summed E-state index contributed by atoms with van der Waals surface area (Å²) in [5, 5.41) is 0. The SMILES string of the molecule is O=C(c1ccc2ncsc2c1)N1CCCC(OCc2ccccn2)C1. The van der Waals surface area contributed by atoms with Gasteiger partial charge < -0.3 is 9.64 Å². The van der Waals surface area contributed by atoms with Crippen molar-refractivity contribution < 1.29 is 9.53 Å². The second-order valence-corrected chi connectivity index (χ2v) is 7.07. The number of nitrogens with zero attached hydrogens (tertiary/aromatic N) is 3. The summed E-state index contributed by atoms with van der Waals surface area (Å²) in [6.07, 6.45) is 3.77. The van der Waals surface area contributed by atoms with Crippen LogP contribution in [0, 0.1) is 0 Å². The number of fused-ring (bicyclic) bond motifs is 1. The minimum absolute atomic E-state index is 0.0619. The maximum atomic E-state index is 12.8. The molecule has 0 spiro atoms. The standard InChI is InChI=1S/C19H19N3O2S/c23-19(14-6-7-17-18(10-14)25-13-21-17)22-9-3-5-16(11-22)24-12-15-4-1-2-8-20-15/h1-2,4,6-8,10,13,16H,3,5,9,11-12H2. The van der Waals surface area contributed by atoms with E-state index in [0.29, 0.717) is 13.2 Å². The van der Waals surface area contributed by atoms with Crippen molar-refractivity contribution in [2.75, 3.05) is 13.1 Å². The Morgan fingerprint density at radius 3 is 3.12 bits per heavy atom. The molecule has 25 heavy (non-hydrogen) atoms. The Labute approximate surface area is 150 Å². The zero-order valence-electron chi connectivity index (χ0n) is 13.8. The molecular formula is C19H19N3O2S. The highest BCUT2D eigenvalue weighted by molar-refractivity contribution is 7.16. The minimum Gasteiger partial charge on any atom is -0.370 e. The number of piperidine rings is 1. The highest BCUT2D eigenvalue weighted by atomic mass is 32.1. The summed E-state index contributed by atoms with van der Waals surface area (Å²) in [6, 6.07) is 11.5. The number of thiazole rings is 1. The van der Waals surface area contributed by atoms with E-state index in [1.807, 2.05) is 41.3 Å². The molecule has 0 saturated carbocycles. The van der Waals surface area contributed by atoms with Crippen LogP contribution in [0.1, 0.15) is 28.9 Å². The van der Waals surface area contributed by atoms with E-state index in [0.717, 1.165) is 40.9 Å². The molecule has 128 valence electrons. The van der Waals surface area contributed by atoms with E-state index in [2.05, 4.69) is 9.97 Å². The van der Waals surface area contributed by atoms with Gasteiger partial charge in [-0.2, -0.15) is 0 Å². The number of hydrogen-bond acceptors (Lipinski definition) is 5. The summed E-state index contributed by atoms with van der Waals surface area (Å²) in [6.45, 7) is 1.90. The normalized spacial score (nSPS) is 17.8. The van der Waals surface area contributed by atoms with Crippen molar-refractivity contribution in [1.82, 2.24) is 14.9 Å². The number of pyridine rings is 1. The molecule has 0 N–H and O–H groups in total. The Balaban J connectivity index is 1.40. The van der Waals surface area contributed by atoms with Crippen molar-refractivity contribution >= 4 is 27.5 Å². The lowest BCUT2D eigenvalue weighted by atomic mass is 10.1. The second kappa shape index (κ2) is 7.29. The Hall–Kier alpha value is -2.31. The molecule has 1 atom stereocenters. The highest BCUT2D eigenvalue weighted by Crippen LogP contribution is 2.22. The minimum atomic E-state index is 0.0619. The number of amides is 1. The molecule has 5 nitrogen and oxygen atoms in total. The van der Waals surface area contributed by atoms with Crippen LogP contribution in [-0.2, 0) is 11.3 Å². The molecule has 0 radical (unpaired) electrons. The van der Waals surface area contributed by atoms with Gasteiger partial charge >= 0.3 is 0 Å². The number of ether oxygens (including phenoxy) is 1. The summed E-state index contributed by atoms with van der Waals surface area (Å²) in [4.78, 5) is 23.3. The van der Waals surface area contributed by atoms with Crippen LogP contribution in [0.2, 0.25) is 0 Å². The molecule has 0 aliphatic carbocycles. The number of carbonyl (C=O) groups excluding carboxylic acids is 1. The zero-order chi connectivity index (χ0) is 17.1. The van der Waals surface area contributed by atoms with E-state index in [4.69, 9.17) is 4.74 Å². The number of benzene rings is 1. The van der Waals surface area contributed by atoms with Crippen molar-refractivity contribution in [3.8, 4) is 0 Å². The molecule has 0 bridgehead atoms. The van der Waals surface area contributed by atoms with Crippen LogP contribution in [0.25, 0.3) is 10.2 Å². The van der Waals surface area contributed by atoms with E-state index in [1.165, 1.54) is 0 Å². The monoisotopic (exact) mass is 353 g/mol. The molecular weight excluding hydrogens is 334 g/mol. The first-order chi connectivity index (χ1) is 12.3. The molecule has 1 aliphatic rings. The molecule has 1 amide bonds. The van der Waals surface area contributed by atoms with Crippen molar-refractivity contribution in [2.45, 2.75) is 25.6 Å². The van der Waals surface area contributed by atoms with Crippen molar-refractivity contribution in [3.05, 3.63) is 59.4 Å². The predicted molar refractivity (Wildman–Crippen MR) is 97.6 cm³/mol. The predicted octanol–water partition coefficient (Wildman–Crippen LogP) is 3.51. The van der Waals surface area contributed by atoms with Crippen molar-refractivity contribution in [1.29, 1.82) is 0 Å². The van der Waals surface area contributed by atoms with Crippen LogP contribution < -0.4 is 0 Å². The number of aromatic nitrogens is 2. The average molecular weight is 353 g/mol. The maximum absolute atomic E-state index is 12.8.